The maximum atomic E-state index is 8.82. The molecule has 0 amide bonds. The van der Waals surface area contributed by atoms with E-state index in [4.69, 9.17) is 9.84 Å². The van der Waals surface area contributed by atoms with Crippen molar-refractivity contribution in [3.63, 3.8) is 0 Å². The van der Waals surface area contributed by atoms with Gasteiger partial charge in [0, 0.05) is 32.8 Å². The zero-order valence-corrected chi connectivity index (χ0v) is 11.2. The van der Waals surface area contributed by atoms with Crippen molar-refractivity contribution in [1.29, 1.82) is 0 Å². The lowest BCUT2D eigenvalue weighted by Gasteiger charge is -2.36. The van der Waals surface area contributed by atoms with Crippen LogP contribution in [-0.2, 0) is 4.74 Å². The minimum absolute atomic E-state index is 0.324. The first-order chi connectivity index (χ1) is 8.38. The minimum Gasteiger partial charge on any atom is -0.396 e. The number of aliphatic hydroxyl groups excluding tert-OH is 1. The molecule has 2 N–H and O–H groups in total. The summed E-state index contributed by atoms with van der Waals surface area (Å²) < 4.78 is 5.03. The Labute approximate surface area is 105 Å². The van der Waals surface area contributed by atoms with Crippen LogP contribution in [0, 0.1) is 0 Å². The van der Waals surface area contributed by atoms with E-state index < -0.39 is 0 Å². The molecule has 0 aromatic carbocycles. The van der Waals surface area contributed by atoms with Gasteiger partial charge in [-0.05, 0) is 38.8 Å². The summed E-state index contributed by atoms with van der Waals surface area (Å²) in [6.07, 6.45) is 6.03. The van der Waals surface area contributed by atoms with Gasteiger partial charge in [-0.3, -0.25) is 4.90 Å². The first-order valence-corrected chi connectivity index (χ1v) is 6.93. The Kier molecular flexibility index (Phi) is 8.61. The highest BCUT2D eigenvalue weighted by molar-refractivity contribution is 4.78. The molecule has 1 fully saturated rings. The molecule has 0 aromatic rings. The van der Waals surface area contributed by atoms with Crippen LogP contribution in [0.25, 0.3) is 0 Å². The van der Waals surface area contributed by atoms with Crippen LogP contribution in [0.2, 0.25) is 0 Å². The van der Waals surface area contributed by atoms with Crippen LogP contribution < -0.4 is 5.32 Å². The van der Waals surface area contributed by atoms with Crippen molar-refractivity contribution in [3.05, 3.63) is 0 Å². The third-order valence-electron chi connectivity index (χ3n) is 3.47. The largest absolute Gasteiger partial charge is 0.396 e. The van der Waals surface area contributed by atoms with Gasteiger partial charge in [0.1, 0.15) is 0 Å². The van der Waals surface area contributed by atoms with E-state index in [1.54, 1.807) is 7.11 Å². The summed E-state index contributed by atoms with van der Waals surface area (Å²) in [5.74, 6) is 0. The second-order valence-electron chi connectivity index (χ2n) is 4.81. The lowest BCUT2D eigenvalue weighted by Crippen LogP contribution is -2.46. The summed E-state index contributed by atoms with van der Waals surface area (Å²) in [7, 11) is 1.74. The number of hydrogen-bond donors (Lipinski definition) is 2. The van der Waals surface area contributed by atoms with Crippen molar-refractivity contribution in [2.24, 2.45) is 0 Å². The normalized spacial score (nSPS) is 21.9. The first-order valence-electron chi connectivity index (χ1n) is 6.93. The zero-order chi connectivity index (χ0) is 12.3. The average Bonchev–Trinajstić information content (AvgIpc) is 2.36. The maximum Gasteiger partial charge on any atom is 0.0587 e. The zero-order valence-electron chi connectivity index (χ0n) is 11.2. The Morgan fingerprint density at radius 3 is 3.00 bits per heavy atom. The fraction of sp³-hybridized carbons (Fsp3) is 1.00. The van der Waals surface area contributed by atoms with Crippen LogP contribution >= 0.6 is 0 Å². The average molecular weight is 244 g/mol. The number of rotatable bonds is 9. The second-order valence-corrected chi connectivity index (χ2v) is 4.81. The van der Waals surface area contributed by atoms with E-state index >= 15 is 0 Å². The molecule has 0 radical (unpaired) electrons. The molecule has 1 rings (SSSR count). The Morgan fingerprint density at radius 1 is 1.35 bits per heavy atom. The molecule has 4 heteroatoms. The topological polar surface area (TPSA) is 44.7 Å². The summed E-state index contributed by atoms with van der Waals surface area (Å²) in [5, 5.41) is 12.3. The van der Waals surface area contributed by atoms with Crippen molar-refractivity contribution in [1.82, 2.24) is 10.2 Å². The summed E-state index contributed by atoms with van der Waals surface area (Å²) in [6.45, 7) is 5.49. The van der Waals surface area contributed by atoms with Crippen LogP contribution in [0.15, 0.2) is 0 Å². The molecular formula is C13H28N2O2. The number of methoxy groups -OCH3 is 1. The molecule has 17 heavy (non-hydrogen) atoms. The molecule has 0 spiro atoms. The Morgan fingerprint density at radius 2 is 2.24 bits per heavy atom. The minimum atomic E-state index is 0.324. The summed E-state index contributed by atoms with van der Waals surface area (Å²) in [4.78, 5) is 2.58. The van der Waals surface area contributed by atoms with Crippen LogP contribution in [0.3, 0.4) is 0 Å². The molecule has 0 aromatic heterocycles. The highest BCUT2D eigenvalue weighted by atomic mass is 16.5. The van der Waals surface area contributed by atoms with Crippen molar-refractivity contribution in [2.75, 3.05) is 46.5 Å². The Hall–Kier alpha value is -0.160. The predicted molar refractivity (Wildman–Crippen MR) is 70.3 cm³/mol. The number of unbranched alkanes of at least 4 members (excludes halogenated alkanes) is 1. The summed E-state index contributed by atoms with van der Waals surface area (Å²) >= 11 is 0. The van der Waals surface area contributed by atoms with Gasteiger partial charge >= 0.3 is 0 Å². The van der Waals surface area contributed by atoms with Gasteiger partial charge in [-0.25, -0.2) is 0 Å². The SMILES string of the molecule is COCCNCC1CCCCN1CCCCO. The molecule has 1 saturated heterocycles. The van der Waals surface area contributed by atoms with Gasteiger partial charge in [-0.2, -0.15) is 0 Å². The highest BCUT2D eigenvalue weighted by Crippen LogP contribution is 2.16. The van der Waals surface area contributed by atoms with Crippen LogP contribution in [0.5, 0.6) is 0 Å². The van der Waals surface area contributed by atoms with E-state index in [9.17, 15) is 0 Å². The van der Waals surface area contributed by atoms with Gasteiger partial charge in [0.15, 0.2) is 0 Å². The fourth-order valence-corrected chi connectivity index (χ4v) is 2.46. The number of nitrogens with one attached hydrogen (secondary N) is 1. The molecule has 102 valence electrons. The van der Waals surface area contributed by atoms with E-state index in [2.05, 4.69) is 10.2 Å². The first kappa shape index (κ1) is 14.9. The molecular weight excluding hydrogens is 216 g/mol. The third-order valence-corrected chi connectivity index (χ3v) is 3.47. The van der Waals surface area contributed by atoms with Crippen molar-refractivity contribution < 1.29 is 9.84 Å². The van der Waals surface area contributed by atoms with Gasteiger partial charge < -0.3 is 15.2 Å². The standard InChI is InChI=1S/C13H28N2O2/c1-17-11-7-14-12-13-6-2-3-8-15(13)9-4-5-10-16/h13-14,16H,2-12H2,1H3. The lowest BCUT2D eigenvalue weighted by molar-refractivity contribution is 0.135. The number of ether oxygens (including phenoxy) is 1. The summed E-state index contributed by atoms with van der Waals surface area (Å²) in [6, 6.07) is 0.680. The maximum absolute atomic E-state index is 8.82. The van der Waals surface area contributed by atoms with Crippen LogP contribution in [0.4, 0.5) is 0 Å². The Balaban J connectivity index is 2.17. The predicted octanol–water partition coefficient (Wildman–Crippen LogP) is 0.849. The van der Waals surface area contributed by atoms with Crippen molar-refractivity contribution in [3.8, 4) is 0 Å². The molecule has 1 aliphatic heterocycles. The molecule has 1 heterocycles. The smallest absolute Gasteiger partial charge is 0.0587 e. The van der Waals surface area contributed by atoms with E-state index in [1.807, 2.05) is 0 Å². The van der Waals surface area contributed by atoms with E-state index in [-0.39, 0.29) is 0 Å². The van der Waals surface area contributed by atoms with Crippen molar-refractivity contribution >= 4 is 0 Å². The molecule has 1 atom stereocenters. The Bertz CT molecular complexity index is 179. The summed E-state index contributed by atoms with van der Waals surface area (Å²) in [5.41, 5.74) is 0. The number of hydrogen-bond acceptors (Lipinski definition) is 4. The van der Waals surface area contributed by atoms with E-state index in [1.165, 1.54) is 25.8 Å². The van der Waals surface area contributed by atoms with Gasteiger partial charge in [0.05, 0.1) is 6.61 Å². The molecule has 0 saturated carbocycles. The highest BCUT2D eigenvalue weighted by Gasteiger charge is 2.20. The fourth-order valence-electron chi connectivity index (χ4n) is 2.46. The van der Waals surface area contributed by atoms with Crippen LogP contribution in [0.1, 0.15) is 32.1 Å². The number of aliphatic hydroxyl groups is 1. The lowest BCUT2D eigenvalue weighted by atomic mass is 10.0. The third kappa shape index (κ3) is 6.36. The number of nitrogens with zero attached hydrogens (tertiary/aromatic N) is 1. The van der Waals surface area contributed by atoms with Gasteiger partial charge in [0.2, 0.25) is 0 Å². The van der Waals surface area contributed by atoms with Gasteiger partial charge in [0.25, 0.3) is 0 Å². The molecule has 0 bridgehead atoms. The van der Waals surface area contributed by atoms with Gasteiger partial charge in [-0.15, -0.1) is 0 Å². The molecule has 4 nitrogen and oxygen atoms in total. The number of likely N-dealkylation sites (tertiary alicyclic amines) is 1. The quantitative estimate of drug-likeness (QED) is 0.590. The van der Waals surface area contributed by atoms with Crippen LogP contribution in [-0.4, -0.2) is 62.6 Å². The second kappa shape index (κ2) is 9.83. The van der Waals surface area contributed by atoms with E-state index in [0.29, 0.717) is 12.6 Å². The number of piperidine rings is 1. The molecule has 1 unspecified atom stereocenters. The van der Waals surface area contributed by atoms with E-state index in [0.717, 1.165) is 39.1 Å². The molecule has 1 aliphatic rings. The van der Waals surface area contributed by atoms with Gasteiger partial charge in [-0.1, -0.05) is 6.42 Å². The monoisotopic (exact) mass is 244 g/mol. The molecule has 0 aliphatic carbocycles. The van der Waals surface area contributed by atoms with Crippen molar-refractivity contribution in [2.45, 2.75) is 38.1 Å².